The van der Waals surface area contributed by atoms with Crippen LogP contribution in [0.25, 0.3) is 0 Å². The van der Waals surface area contributed by atoms with Crippen LogP contribution in [0, 0.1) is 11.8 Å². The van der Waals surface area contributed by atoms with Gasteiger partial charge in [-0.1, -0.05) is 298 Å². The molecule has 0 spiro atoms. The zero-order valence-corrected chi connectivity index (χ0v) is 58.8. The molecular weight excluding hydrogens is 1160 g/mol. The van der Waals surface area contributed by atoms with Crippen molar-refractivity contribution in [3.63, 3.8) is 0 Å². The molecule has 17 nitrogen and oxygen atoms in total. The Kier molecular flexibility index (Phi) is 59.9. The van der Waals surface area contributed by atoms with Crippen LogP contribution < -0.4 is 0 Å². The molecule has 88 heavy (non-hydrogen) atoms. The third-order valence-electron chi connectivity index (χ3n) is 16.0. The fraction of sp³-hybridized carbons (Fsp3) is 0.942. The van der Waals surface area contributed by atoms with Crippen LogP contribution in [-0.2, 0) is 65.4 Å². The number of hydrogen-bond donors (Lipinski definition) is 3. The van der Waals surface area contributed by atoms with Crippen LogP contribution in [-0.4, -0.2) is 96.7 Å². The van der Waals surface area contributed by atoms with Crippen LogP contribution in [0.5, 0.6) is 0 Å². The highest BCUT2D eigenvalue weighted by Crippen LogP contribution is 2.45. The molecule has 3 N–H and O–H groups in total. The number of ether oxygens (including phenoxy) is 4. The van der Waals surface area contributed by atoms with E-state index in [0.29, 0.717) is 31.6 Å². The van der Waals surface area contributed by atoms with E-state index in [1.807, 2.05) is 0 Å². The summed E-state index contributed by atoms with van der Waals surface area (Å²) in [5.74, 6) is -0.706. The SMILES string of the molecule is CCCCCCCCCCCCCCCCCCCC(=O)O[C@H](COC(=O)CCCCCCCCCCC(C)C)COP(=O)(O)OC[C@@H](O)COP(=O)(O)OC[C@@H](COC(=O)CCCCCCCCCCCC)OC(=O)CCCCCCCCCC(C)C. The highest BCUT2D eigenvalue weighted by Gasteiger charge is 2.30. The lowest BCUT2D eigenvalue weighted by Gasteiger charge is -2.21. The standard InChI is InChI=1S/C69H134O17P2/c1-7-9-11-13-15-17-19-20-21-22-23-24-25-27-35-41-47-53-68(73)85-64(57-80-67(72)52-46-40-34-29-28-31-37-43-49-61(3)4)59-83-87(75,76)81-55-63(70)56-82-88(77,78)84-60-65(86-69(74)54-48-42-36-30-32-38-44-50-62(5)6)58-79-66(71)51-45-39-33-26-18-16-14-12-10-8-2/h61-65,70H,7-60H2,1-6H3,(H,75,76)(H,77,78)/t63-,64-,65-/m1/s1. The summed E-state index contributed by atoms with van der Waals surface area (Å²) in [7, 11) is -9.90. The van der Waals surface area contributed by atoms with E-state index in [9.17, 15) is 43.2 Å². The summed E-state index contributed by atoms with van der Waals surface area (Å²) in [6.07, 6.45) is 45.9. The van der Waals surface area contributed by atoms with Gasteiger partial charge in [0.05, 0.1) is 26.4 Å². The van der Waals surface area contributed by atoms with Gasteiger partial charge in [0, 0.05) is 25.7 Å². The Morgan fingerprint density at radius 3 is 0.773 bits per heavy atom. The molecule has 0 rings (SSSR count). The molecular formula is C69H134O17P2. The number of hydrogen-bond acceptors (Lipinski definition) is 15. The second kappa shape index (κ2) is 61.3. The van der Waals surface area contributed by atoms with Gasteiger partial charge in [0.1, 0.15) is 19.3 Å². The van der Waals surface area contributed by atoms with Gasteiger partial charge >= 0.3 is 39.5 Å². The lowest BCUT2D eigenvalue weighted by atomic mass is 10.0. The van der Waals surface area contributed by atoms with Crippen molar-refractivity contribution in [3.05, 3.63) is 0 Å². The lowest BCUT2D eigenvalue weighted by Crippen LogP contribution is -2.30. The number of rotatable bonds is 68. The third kappa shape index (κ3) is 62.8. The minimum Gasteiger partial charge on any atom is -0.462 e. The molecule has 0 aliphatic carbocycles. The van der Waals surface area contributed by atoms with Gasteiger partial charge in [-0.05, 0) is 37.5 Å². The normalized spacial score (nSPS) is 14.2. The Bertz CT molecular complexity index is 1720. The molecule has 0 bridgehead atoms. The van der Waals surface area contributed by atoms with Crippen LogP contribution in [0.15, 0.2) is 0 Å². The maximum Gasteiger partial charge on any atom is 0.472 e. The summed E-state index contributed by atoms with van der Waals surface area (Å²) < 4.78 is 68.2. The van der Waals surface area contributed by atoms with Crippen molar-refractivity contribution in [1.29, 1.82) is 0 Å². The molecule has 0 saturated heterocycles. The van der Waals surface area contributed by atoms with E-state index in [1.165, 1.54) is 167 Å². The van der Waals surface area contributed by atoms with Crippen molar-refractivity contribution in [2.24, 2.45) is 11.8 Å². The smallest absolute Gasteiger partial charge is 0.462 e. The van der Waals surface area contributed by atoms with Crippen molar-refractivity contribution >= 4 is 39.5 Å². The van der Waals surface area contributed by atoms with Crippen molar-refractivity contribution in [2.75, 3.05) is 39.6 Å². The number of unbranched alkanes of at least 4 members (excludes halogenated alkanes) is 38. The van der Waals surface area contributed by atoms with E-state index >= 15 is 0 Å². The van der Waals surface area contributed by atoms with E-state index in [2.05, 4.69) is 41.5 Å². The van der Waals surface area contributed by atoms with Crippen LogP contribution in [0.1, 0.15) is 350 Å². The van der Waals surface area contributed by atoms with Gasteiger partial charge < -0.3 is 33.8 Å². The molecule has 0 aromatic rings. The minimum absolute atomic E-state index is 0.104. The molecule has 0 radical (unpaired) electrons. The van der Waals surface area contributed by atoms with Crippen LogP contribution in [0.4, 0.5) is 0 Å². The highest BCUT2D eigenvalue weighted by molar-refractivity contribution is 7.47. The molecule has 2 unspecified atom stereocenters. The fourth-order valence-corrected chi connectivity index (χ4v) is 12.0. The lowest BCUT2D eigenvalue weighted by molar-refractivity contribution is -0.161. The molecule has 0 amide bonds. The van der Waals surface area contributed by atoms with Gasteiger partial charge in [-0.2, -0.15) is 0 Å². The monoisotopic (exact) mass is 1300 g/mol. The van der Waals surface area contributed by atoms with E-state index in [-0.39, 0.29) is 25.7 Å². The van der Waals surface area contributed by atoms with Gasteiger partial charge in [-0.3, -0.25) is 37.3 Å². The second-order valence-electron chi connectivity index (χ2n) is 25.9. The zero-order valence-electron chi connectivity index (χ0n) is 57.0. The maximum absolute atomic E-state index is 13.0. The quantitative estimate of drug-likeness (QED) is 0.0222. The second-order valence-corrected chi connectivity index (χ2v) is 28.8. The predicted octanol–water partition coefficient (Wildman–Crippen LogP) is 19.6. The van der Waals surface area contributed by atoms with Gasteiger partial charge in [0.25, 0.3) is 0 Å². The number of carbonyl (C=O) groups is 4. The largest absolute Gasteiger partial charge is 0.472 e. The van der Waals surface area contributed by atoms with Gasteiger partial charge in [-0.25, -0.2) is 9.13 Å². The zero-order chi connectivity index (χ0) is 65.0. The first-order valence-corrected chi connectivity index (χ1v) is 39.0. The van der Waals surface area contributed by atoms with E-state index in [1.54, 1.807) is 0 Å². The first kappa shape index (κ1) is 86.1. The van der Waals surface area contributed by atoms with E-state index in [0.717, 1.165) is 95.8 Å². The van der Waals surface area contributed by atoms with Gasteiger partial charge in [0.2, 0.25) is 0 Å². The summed E-state index contributed by atoms with van der Waals surface area (Å²) >= 11 is 0. The molecule has 0 aromatic carbocycles. The topological polar surface area (TPSA) is 237 Å². The van der Waals surface area contributed by atoms with Crippen molar-refractivity contribution < 1.29 is 80.2 Å². The van der Waals surface area contributed by atoms with Crippen molar-refractivity contribution in [1.82, 2.24) is 0 Å². The number of esters is 4. The molecule has 0 fully saturated rings. The Morgan fingerprint density at radius 2 is 0.523 bits per heavy atom. The molecule has 522 valence electrons. The van der Waals surface area contributed by atoms with Crippen LogP contribution >= 0.6 is 15.6 Å². The molecule has 0 heterocycles. The average Bonchev–Trinajstić information content (AvgIpc) is 3.53. The molecule has 19 heteroatoms. The summed E-state index contributed by atoms with van der Waals surface area (Å²) in [4.78, 5) is 72.4. The summed E-state index contributed by atoms with van der Waals surface area (Å²) in [6.45, 7) is 9.44. The molecule has 0 aromatic heterocycles. The first-order valence-electron chi connectivity index (χ1n) is 36.0. The molecule has 0 saturated carbocycles. The fourth-order valence-electron chi connectivity index (χ4n) is 10.4. The van der Waals surface area contributed by atoms with Crippen molar-refractivity contribution in [3.8, 4) is 0 Å². The van der Waals surface area contributed by atoms with E-state index in [4.69, 9.17) is 37.0 Å². The number of aliphatic hydroxyl groups excluding tert-OH is 1. The number of phosphoric acid groups is 2. The van der Waals surface area contributed by atoms with Crippen LogP contribution in [0.3, 0.4) is 0 Å². The minimum atomic E-state index is -4.95. The average molecular weight is 1300 g/mol. The molecule has 0 aliphatic rings. The van der Waals surface area contributed by atoms with Gasteiger partial charge in [0.15, 0.2) is 12.2 Å². The Morgan fingerprint density at radius 1 is 0.307 bits per heavy atom. The summed E-state index contributed by atoms with van der Waals surface area (Å²) in [5, 5.41) is 10.6. The maximum atomic E-state index is 13.0. The summed E-state index contributed by atoms with van der Waals surface area (Å²) in [6, 6.07) is 0. The summed E-state index contributed by atoms with van der Waals surface area (Å²) in [5.41, 5.74) is 0. The highest BCUT2D eigenvalue weighted by atomic mass is 31.2. The number of aliphatic hydroxyl groups is 1. The molecule has 0 aliphatic heterocycles. The Balaban J connectivity index is 5.22. The van der Waals surface area contributed by atoms with Gasteiger partial charge in [-0.15, -0.1) is 0 Å². The third-order valence-corrected chi connectivity index (χ3v) is 17.9. The predicted molar refractivity (Wildman–Crippen MR) is 354 cm³/mol. The first-order chi connectivity index (χ1) is 42.4. The Labute approximate surface area is 537 Å². The van der Waals surface area contributed by atoms with Crippen molar-refractivity contribution in [2.45, 2.75) is 368 Å². The number of carbonyl (C=O) groups excluding carboxylic acids is 4. The van der Waals surface area contributed by atoms with Crippen LogP contribution in [0.2, 0.25) is 0 Å². The van der Waals surface area contributed by atoms with E-state index < -0.39 is 97.5 Å². The number of phosphoric ester groups is 2. The Hall–Kier alpha value is -1.94. The molecule has 5 atom stereocenters.